The third-order valence-corrected chi connectivity index (χ3v) is 3.28. The number of hydrogen-bond donors (Lipinski definition) is 2. The second-order valence-electron chi connectivity index (χ2n) is 3.66. The van der Waals surface area contributed by atoms with Crippen molar-refractivity contribution >= 4 is 0 Å². The van der Waals surface area contributed by atoms with Crippen LogP contribution in [0.4, 0.5) is 0 Å². The van der Waals surface area contributed by atoms with Crippen LogP contribution >= 0.6 is 0 Å². The molecule has 58 valence electrons. The van der Waals surface area contributed by atoms with Crippen molar-refractivity contribution < 1.29 is 5.11 Å². The van der Waals surface area contributed by atoms with Crippen LogP contribution in [-0.2, 0) is 0 Å². The summed E-state index contributed by atoms with van der Waals surface area (Å²) in [5.74, 6) is 0. The minimum Gasteiger partial charge on any atom is -0.395 e. The van der Waals surface area contributed by atoms with Gasteiger partial charge >= 0.3 is 0 Å². The van der Waals surface area contributed by atoms with Crippen LogP contribution in [-0.4, -0.2) is 24.3 Å². The van der Waals surface area contributed by atoms with Crippen LogP contribution in [0.25, 0.3) is 0 Å². The van der Waals surface area contributed by atoms with Crippen molar-refractivity contribution in [2.45, 2.75) is 31.7 Å². The summed E-state index contributed by atoms with van der Waals surface area (Å²) in [6.07, 6.45) is 5.34. The first-order valence-electron chi connectivity index (χ1n) is 4.22. The van der Waals surface area contributed by atoms with Gasteiger partial charge in [-0.05, 0) is 31.2 Å². The van der Waals surface area contributed by atoms with Gasteiger partial charge < -0.3 is 10.4 Å². The molecule has 1 heterocycles. The molecule has 0 amide bonds. The van der Waals surface area contributed by atoms with Crippen molar-refractivity contribution in [2.24, 2.45) is 5.41 Å². The molecule has 1 spiro atoms. The Morgan fingerprint density at radius 3 is 2.60 bits per heavy atom. The normalized spacial score (nSPS) is 36.3. The number of rotatable bonds is 1. The zero-order valence-corrected chi connectivity index (χ0v) is 6.27. The van der Waals surface area contributed by atoms with Crippen molar-refractivity contribution in [2.75, 3.05) is 13.2 Å². The average Bonchev–Trinajstić information content (AvgIpc) is 2.27. The fourth-order valence-electron chi connectivity index (χ4n) is 2.37. The Morgan fingerprint density at radius 2 is 2.20 bits per heavy atom. The number of aliphatic hydroxyl groups is 1. The van der Waals surface area contributed by atoms with Crippen molar-refractivity contribution in [3.63, 3.8) is 0 Å². The molecule has 2 fully saturated rings. The molecule has 2 nitrogen and oxygen atoms in total. The average molecular weight is 141 g/mol. The fourth-order valence-corrected chi connectivity index (χ4v) is 2.37. The largest absolute Gasteiger partial charge is 0.395 e. The summed E-state index contributed by atoms with van der Waals surface area (Å²) < 4.78 is 0. The summed E-state index contributed by atoms with van der Waals surface area (Å²) in [7, 11) is 0. The summed E-state index contributed by atoms with van der Waals surface area (Å²) in [5.41, 5.74) is 0.523. The molecule has 1 saturated heterocycles. The minimum absolute atomic E-state index is 0.333. The van der Waals surface area contributed by atoms with Gasteiger partial charge in [0, 0.05) is 6.04 Å². The standard InChI is InChI=1S/C8H15NO/c10-6-7-8(2-1-3-8)4-5-9-7/h7,9-10H,1-6H2. The number of aliphatic hydroxyl groups excluding tert-OH is 1. The molecule has 1 saturated carbocycles. The molecule has 0 aromatic carbocycles. The molecule has 1 aliphatic heterocycles. The molecule has 0 aromatic heterocycles. The van der Waals surface area contributed by atoms with Crippen LogP contribution in [0, 0.1) is 5.41 Å². The van der Waals surface area contributed by atoms with Crippen LogP contribution in [0.2, 0.25) is 0 Å². The summed E-state index contributed by atoms with van der Waals surface area (Å²) in [6, 6.07) is 0.418. The Hall–Kier alpha value is -0.0800. The van der Waals surface area contributed by atoms with Gasteiger partial charge in [-0.1, -0.05) is 6.42 Å². The van der Waals surface area contributed by atoms with E-state index in [0.717, 1.165) is 6.54 Å². The molecule has 0 radical (unpaired) electrons. The molecule has 0 bridgehead atoms. The van der Waals surface area contributed by atoms with Gasteiger partial charge in [-0.25, -0.2) is 0 Å². The molecule has 1 atom stereocenters. The lowest BCUT2D eigenvalue weighted by Crippen LogP contribution is -2.44. The molecule has 0 aromatic rings. The molecule has 1 unspecified atom stereocenters. The second kappa shape index (κ2) is 2.21. The Morgan fingerprint density at radius 1 is 1.40 bits per heavy atom. The van der Waals surface area contributed by atoms with E-state index in [9.17, 15) is 0 Å². The van der Waals surface area contributed by atoms with Gasteiger partial charge in [-0.2, -0.15) is 0 Å². The second-order valence-corrected chi connectivity index (χ2v) is 3.66. The van der Waals surface area contributed by atoms with Crippen LogP contribution in [0.15, 0.2) is 0 Å². The van der Waals surface area contributed by atoms with Gasteiger partial charge in [0.15, 0.2) is 0 Å². The van der Waals surface area contributed by atoms with Crippen LogP contribution in [0.5, 0.6) is 0 Å². The smallest absolute Gasteiger partial charge is 0.0590 e. The van der Waals surface area contributed by atoms with E-state index < -0.39 is 0 Å². The van der Waals surface area contributed by atoms with Crippen molar-refractivity contribution in [1.29, 1.82) is 0 Å². The molecular weight excluding hydrogens is 126 g/mol. The van der Waals surface area contributed by atoms with Crippen molar-refractivity contribution in [3.8, 4) is 0 Å². The summed E-state index contributed by atoms with van der Waals surface area (Å²) in [4.78, 5) is 0. The van der Waals surface area contributed by atoms with Gasteiger partial charge in [0.25, 0.3) is 0 Å². The van der Waals surface area contributed by atoms with Crippen molar-refractivity contribution in [1.82, 2.24) is 5.32 Å². The zero-order valence-electron chi connectivity index (χ0n) is 6.27. The van der Waals surface area contributed by atoms with E-state index in [2.05, 4.69) is 5.32 Å². The third kappa shape index (κ3) is 0.722. The molecule has 2 heteroatoms. The summed E-state index contributed by atoms with van der Waals surface area (Å²) >= 11 is 0. The lowest BCUT2D eigenvalue weighted by atomic mass is 9.64. The highest BCUT2D eigenvalue weighted by molar-refractivity contribution is 5.01. The SMILES string of the molecule is OCC1NCCC12CCC2. The number of nitrogens with one attached hydrogen (secondary N) is 1. The van der Waals surface area contributed by atoms with Gasteiger partial charge in [0.05, 0.1) is 6.61 Å². The van der Waals surface area contributed by atoms with Crippen LogP contribution in [0.3, 0.4) is 0 Å². The predicted octanol–water partition coefficient (Wildman–Crippen LogP) is 0.511. The van der Waals surface area contributed by atoms with E-state index in [-0.39, 0.29) is 0 Å². The lowest BCUT2D eigenvalue weighted by molar-refractivity contribution is 0.0759. The third-order valence-electron chi connectivity index (χ3n) is 3.28. The molecule has 1 aliphatic carbocycles. The summed E-state index contributed by atoms with van der Waals surface area (Å²) in [5, 5.41) is 12.4. The molecule has 2 rings (SSSR count). The van der Waals surface area contributed by atoms with E-state index in [4.69, 9.17) is 5.11 Å². The Labute approximate surface area is 61.6 Å². The maximum atomic E-state index is 9.00. The first-order valence-corrected chi connectivity index (χ1v) is 4.22. The maximum Gasteiger partial charge on any atom is 0.0590 e. The molecule has 2 N–H and O–H groups in total. The highest BCUT2D eigenvalue weighted by Crippen LogP contribution is 2.48. The highest BCUT2D eigenvalue weighted by atomic mass is 16.3. The topological polar surface area (TPSA) is 32.3 Å². The first kappa shape index (κ1) is 6.62. The quantitative estimate of drug-likeness (QED) is 0.557. The Kier molecular flexibility index (Phi) is 1.46. The summed E-state index contributed by atoms with van der Waals surface area (Å²) in [6.45, 7) is 1.45. The van der Waals surface area contributed by atoms with E-state index in [1.165, 1.54) is 25.7 Å². The van der Waals surface area contributed by atoms with E-state index in [1.807, 2.05) is 0 Å². The van der Waals surface area contributed by atoms with Crippen LogP contribution in [0.1, 0.15) is 25.7 Å². The first-order chi connectivity index (χ1) is 4.87. The number of hydrogen-bond acceptors (Lipinski definition) is 2. The van der Waals surface area contributed by atoms with Crippen molar-refractivity contribution in [3.05, 3.63) is 0 Å². The predicted molar refractivity (Wildman–Crippen MR) is 39.8 cm³/mol. The zero-order chi connectivity index (χ0) is 7.03. The Balaban J connectivity index is 2.05. The minimum atomic E-state index is 0.333. The van der Waals surface area contributed by atoms with E-state index in [1.54, 1.807) is 0 Å². The molecular formula is C8H15NO. The van der Waals surface area contributed by atoms with Crippen LogP contribution < -0.4 is 5.32 Å². The van der Waals surface area contributed by atoms with Gasteiger partial charge in [0.2, 0.25) is 0 Å². The van der Waals surface area contributed by atoms with Gasteiger partial charge in [0.1, 0.15) is 0 Å². The monoisotopic (exact) mass is 141 g/mol. The lowest BCUT2D eigenvalue weighted by Gasteiger charge is -2.42. The van der Waals surface area contributed by atoms with E-state index in [0.29, 0.717) is 18.1 Å². The van der Waals surface area contributed by atoms with E-state index >= 15 is 0 Å². The Bertz CT molecular complexity index is 131. The molecule has 10 heavy (non-hydrogen) atoms. The fraction of sp³-hybridized carbons (Fsp3) is 1.00. The molecule has 2 aliphatic rings. The maximum absolute atomic E-state index is 9.00. The van der Waals surface area contributed by atoms with Gasteiger partial charge in [-0.3, -0.25) is 0 Å². The van der Waals surface area contributed by atoms with Gasteiger partial charge in [-0.15, -0.1) is 0 Å². The highest BCUT2D eigenvalue weighted by Gasteiger charge is 2.46.